The molecule has 3 aliphatic rings. The van der Waals surface area contributed by atoms with E-state index in [1.165, 1.54) is 6.08 Å². The van der Waals surface area contributed by atoms with Crippen LogP contribution < -0.4 is 0 Å². The van der Waals surface area contributed by atoms with Gasteiger partial charge in [0.2, 0.25) is 0 Å². The Morgan fingerprint density at radius 3 is 2.39 bits per heavy atom. The van der Waals surface area contributed by atoms with Gasteiger partial charge >= 0.3 is 12.0 Å². The van der Waals surface area contributed by atoms with Crippen molar-refractivity contribution < 1.29 is 23.4 Å². The molecular weight excluding hydrogens is 306 g/mol. The number of amides is 1. The third kappa shape index (κ3) is 3.16. The summed E-state index contributed by atoms with van der Waals surface area (Å²) in [5, 5.41) is 9.40. The van der Waals surface area contributed by atoms with Crippen molar-refractivity contribution in [3.63, 3.8) is 0 Å². The van der Waals surface area contributed by atoms with Gasteiger partial charge in [0.25, 0.3) is 0 Å². The van der Waals surface area contributed by atoms with Crippen LogP contribution in [0.3, 0.4) is 0 Å². The van der Waals surface area contributed by atoms with E-state index >= 15 is 0 Å². The molecule has 2 heterocycles. The van der Waals surface area contributed by atoms with Crippen molar-refractivity contribution in [3.05, 3.63) is 11.8 Å². The lowest BCUT2D eigenvalue weighted by atomic mass is 9.61. The Labute approximate surface area is 134 Å². The van der Waals surface area contributed by atoms with Gasteiger partial charge in [-0.25, -0.2) is 4.79 Å². The van der Waals surface area contributed by atoms with Crippen molar-refractivity contribution in [3.8, 4) is 0 Å². The van der Waals surface area contributed by atoms with Crippen LogP contribution in [0.1, 0.15) is 33.6 Å². The summed E-state index contributed by atoms with van der Waals surface area (Å²) in [6.45, 7) is 5.74. The summed E-state index contributed by atoms with van der Waals surface area (Å²) in [5.41, 5.74) is -0.673. The van der Waals surface area contributed by atoms with E-state index in [0.717, 1.165) is 4.90 Å². The van der Waals surface area contributed by atoms with Crippen molar-refractivity contribution in [2.45, 2.75) is 51.2 Å². The number of halogens is 2. The molecule has 0 atom stereocenters. The molecule has 3 rings (SSSR count). The summed E-state index contributed by atoms with van der Waals surface area (Å²) >= 11 is 0. The molecule has 5 nitrogen and oxygen atoms in total. The first-order valence-corrected chi connectivity index (χ1v) is 7.99. The third-order valence-corrected chi connectivity index (χ3v) is 4.65. The molecule has 7 heteroatoms. The predicted molar refractivity (Wildman–Crippen MR) is 80.1 cm³/mol. The summed E-state index contributed by atoms with van der Waals surface area (Å²) in [5.74, 6) is -3.07. The van der Waals surface area contributed by atoms with Crippen molar-refractivity contribution in [1.82, 2.24) is 9.80 Å². The van der Waals surface area contributed by atoms with E-state index < -0.39 is 24.2 Å². The lowest BCUT2D eigenvalue weighted by Crippen LogP contribution is -2.65. The second-order valence-electron chi connectivity index (χ2n) is 8.07. The average Bonchev–Trinajstić information content (AvgIpc) is 2.29. The summed E-state index contributed by atoms with van der Waals surface area (Å²) in [6, 6.07) is 0. The Hall–Kier alpha value is -1.37. The molecule has 1 N–H and O–H groups in total. The van der Waals surface area contributed by atoms with Gasteiger partial charge in [0.15, 0.2) is 0 Å². The quantitative estimate of drug-likeness (QED) is 0.801. The molecule has 2 fully saturated rings. The molecule has 0 aromatic heterocycles. The molecule has 0 unspecified atom stereocenters. The molecule has 0 aromatic carbocycles. The number of nitrogens with zero attached hydrogens (tertiary/aromatic N) is 2. The highest BCUT2D eigenvalue weighted by Gasteiger charge is 2.56. The maximum atomic E-state index is 14.4. The van der Waals surface area contributed by atoms with Gasteiger partial charge in [-0.2, -0.15) is 8.78 Å². The molecule has 2 aliphatic heterocycles. The predicted octanol–water partition coefficient (Wildman–Crippen LogP) is 2.21. The Balaban J connectivity index is 1.62. The molecular formula is C16H24F2N2O3. The first kappa shape index (κ1) is 16.5. The van der Waals surface area contributed by atoms with E-state index in [4.69, 9.17) is 4.74 Å². The zero-order valence-electron chi connectivity index (χ0n) is 13.8. The molecule has 1 saturated carbocycles. The minimum Gasteiger partial charge on any atom is -0.444 e. The Morgan fingerprint density at radius 2 is 1.91 bits per heavy atom. The van der Waals surface area contributed by atoms with Gasteiger partial charge in [0.05, 0.1) is 18.3 Å². The fourth-order valence-electron chi connectivity index (χ4n) is 3.69. The monoisotopic (exact) mass is 330 g/mol. The molecule has 0 bridgehead atoms. The zero-order valence-corrected chi connectivity index (χ0v) is 13.8. The molecule has 23 heavy (non-hydrogen) atoms. The highest BCUT2D eigenvalue weighted by Crippen LogP contribution is 2.51. The van der Waals surface area contributed by atoms with Gasteiger partial charge < -0.3 is 14.7 Å². The number of rotatable bonds is 1. The second-order valence-corrected chi connectivity index (χ2v) is 8.07. The number of carbonyl (C=O) groups is 1. The fourth-order valence-corrected chi connectivity index (χ4v) is 3.69. The van der Waals surface area contributed by atoms with Gasteiger partial charge in [-0.15, -0.1) is 0 Å². The van der Waals surface area contributed by atoms with Crippen LogP contribution in [0.4, 0.5) is 13.6 Å². The minimum absolute atomic E-state index is 0.00400. The van der Waals surface area contributed by atoms with Crippen molar-refractivity contribution >= 4 is 6.09 Å². The largest absolute Gasteiger partial charge is 0.444 e. The summed E-state index contributed by atoms with van der Waals surface area (Å²) in [4.78, 5) is 14.7. The second kappa shape index (κ2) is 5.06. The van der Waals surface area contributed by atoms with Gasteiger partial charge in [0.1, 0.15) is 5.60 Å². The van der Waals surface area contributed by atoms with E-state index in [1.54, 1.807) is 25.7 Å². The highest BCUT2D eigenvalue weighted by atomic mass is 19.3. The normalized spacial score (nSPS) is 26.4. The Morgan fingerprint density at radius 1 is 1.30 bits per heavy atom. The third-order valence-electron chi connectivity index (χ3n) is 4.65. The summed E-state index contributed by atoms with van der Waals surface area (Å²) < 4.78 is 34.0. The number of likely N-dealkylation sites (tertiary alicyclic amines) is 1. The highest BCUT2D eigenvalue weighted by molar-refractivity contribution is 5.69. The molecule has 1 spiro atoms. The van der Waals surface area contributed by atoms with Crippen molar-refractivity contribution in [2.24, 2.45) is 5.41 Å². The fraction of sp³-hybridized carbons (Fsp3) is 0.812. The number of carbonyl (C=O) groups excluding carboxylic acids is 1. The Kier molecular flexibility index (Phi) is 3.63. The van der Waals surface area contributed by atoms with Crippen LogP contribution in [-0.2, 0) is 4.74 Å². The van der Waals surface area contributed by atoms with Gasteiger partial charge in [-0.3, -0.25) is 4.90 Å². The lowest BCUT2D eigenvalue weighted by Gasteiger charge is -2.60. The average molecular weight is 330 g/mol. The molecule has 0 aromatic rings. The zero-order chi connectivity index (χ0) is 17.0. The van der Waals surface area contributed by atoms with Crippen LogP contribution in [0.2, 0.25) is 0 Å². The first-order chi connectivity index (χ1) is 10.5. The number of hydrogen-bond acceptors (Lipinski definition) is 4. The standard InChI is InChI=1S/C16H24F2N2O3/c1-14(2,3)23-13(22)19-5-4-12(16(17,18)10-19)20-8-15(9-20)6-11(21)7-15/h4,11,21H,5-10H2,1-3H3. The number of aliphatic hydroxyl groups excluding tert-OH is 1. The minimum atomic E-state index is -3.07. The van der Waals surface area contributed by atoms with Gasteiger partial charge in [0, 0.05) is 25.0 Å². The maximum absolute atomic E-state index is 14.4. The van der Waals surface area contributed by atoms with Gasteiger partial charge in [-0.1, -0.05) is 0 Å². The van der Waals surface area contributed by atoms with Crippen LogP contribution in [0.5, 0.6) is 0 Å². The van der Waals surface area contributed by atoms with E-state index in [0.29, 0.717) is 25.9 Å². The summed E-state index contributed by atoms with van der Waals surface area (Å²) in [7, 11) is 0. The van der Waals surface area contributed by atoms with E-state index in [-0.39, 0.29) is 23.8 Å². The number of alkyl halides is 2. The molecule has 1 amide bonds. The van der Waals surface area contributed by atoms with E-state index in [2.05, 4.69) is 0 Å². The Bertz CT molecular complexity index is 528. The number of ether oxygens (including phenoxy) is 1. The van der Waals surface area contributed by atoms with Crippen LogP contribution in [0.25, 0.3) is 0 Å². The lowest BCUT2D eigenvalue weighted by molar-refractivity contribution is -0.136. The SMILES string of the molecule is CC(C)(C)OC(=O)N1CC=C(N2CC3(CC(O)C3)C2)C(F)(F)C1. The summed E-state index contributed by atoms with van der Waals surface area (Å²) in [6.07, 6.45) is 1.84. The topological polar surface area (TPSA) is 53.0 Å². The molecule has 1 saturated heterocycles. The number of hydrogen-bond donors (Lipinski definition) is 1. The van der Waals surface area contributed by atoms with Crippen molar-refractivity contribution in [2.75, 3.05) is 26.2 Å². The van der Waals surface area contributed by atoms with Crippen LogP contribution in [0, 0.1) is 5.41 Å². The van der Waals surface area contributed by atoms with E-state index in [1.807, 2.05) is 0 Å². The van der Waals surface area contributed by atoms with Crippen molar-refractivity contribution in [1.29, 1.82) is 0 Å². The number of aliphatic hydroxyl groups is 1. The van der Waals surface area contributed by atoms with Crippen LogP contribution >= 0.6 is 0 Å². The smallest absolute Gasteiger partial charge is 0.410 e. The molecule has 1 aliphatic carbocycles. The molecule has 130 valence electrons. The van der Waals surface area contributed by atoms with E-state index in [9.17, 15) is 18.7 Å². The molecule has 0 radical (unpaired) electrons. The van der Waals surface area contributed by atoms with Gasteiger partial charge in [-0.05, 0) is 39.7 Å². The van der Waals surface area contributed by atoms with Crippen LogP contribution in [0.15, 0.2) is 11.8 Å². The van der Waals surface area contributed by atoms with Crippen LogP contribution in [-0.4, -0.2) is 64.8 Å². The maximum Gasteiger partial charge on any atom is 0.410 e. The first-order valence-electron chi connectivity index (χ1n) is 7.99.